The Morgan fingerprint density at radius 1 is 1.09 bits per heavy atom. The predicted octanol–water partition coefficient (Wildman–Crippen LogP) is 1.16. The SMILES string of the molecule is N/C(S)=C(/N)c1ccccc1. The van der Waals surface area contributed by atoms with E-state index in [1.807, 2.05) is 30.3 Å². The molecule has 1 aromatic carbocycles. The van der Waals surface area contributed by atoms with Crippen LogP contribution in [0.3, 0.4) is 0 Å². The summed E-state index contributed by atoms with van der Waals surface area (Å²) in [6, 6.07) is 9.50. The molecule has 0 spiro atoms. The first-order valence-electron chi connectivity index (χ1n) is 3.21. The molecule has 0 aliphatic heterocycles. The molecule has 3 heteroatoms. The molecule has 58 valence electrons. The van der Waals surface area contributed by atoms with E-state index in [9.17, 15) is 0 Å². The third-order valence-electron chi connectivity index (χ3n) is 1.36. The zero-order chi connectivity index (χ0) is 8.27. The number of benzene rings is 1. The van der Waals surface area contributed by atoms with Crippen molar-refractivity contribution in [3.63, 3.8) is 0 Å². The van der Waals surface area contributed by atoms with E-state index in [1.165, 1.54) is 0 Å². The Balaban J connectivity index is 3.04. The molecule has 0 fully saturated rings. The van der Waals surface area contributed by atoms with Crippen molar-refractivity contribution < 1.29 is 0 Å². The normalized spacial score (nSPS) is 12.5. The lowest BCUT2D eigenvalue weighted by Gasteiger charge is -2.01. The minimum absolute atomic E-state index is 0.358. The van der Waals surface area contributed by atoms with Gasteiger partial charge in [-0.1, -0.05) is 30.3 Å². The van der Waals surface area contributed by atoms with Gasteiger partial charge in [-0.2, -0.15) is 0 Å². The molecular formula is C8H10N2S. The molecule has 2 nitrogen and oxygen atoms in total. The van der Waals surface area contributed by atoms with Crippen molar-refractivity contribution >= 4 is 18.3 Å². The zero-order valence-corrected chi connectivity index (χ0v) is 6.88. The second-order valence-corrected chi connectivity index (χ2v) is 2.65. The largest absolute Gasteiger partial charge is 0.396 e. The molecule has 0 saturated carbocycles. The lowest BCUT2D eigenvalue weighted by atomic mass is 10.2. The van der Waals surface area contributed by atoms with E-state index in [0.717, 1.165) is 5.56 Å². The molecule has 4 N–H and O–H groups in total. The van der Waals surface area contributed by atoms with Gasteiger partial charge in [0.2, 0.25) is 0 Å². The van der Waals surface area contributed by atoms with E-state index >= 15 is 0 Å². The highest BCUT2D eigenvalue weighted by atomic mass is 32.1. The van der Waals surface area contributed by atoms with Gasteiger partial charge in [-0.25, -0.2) is 0 Å². The Hall–Kier alpha value is -1.09. The molecule has 1 rings (SSSR count). The summed E-state index contributed by atoms with van der Waals surface area (Å²) in [5.74, 6) is 0. The lowest BCUT2D eigenvalue weighted by Crippen LogP contribution is -2.03. The van der Waals surface area contributed by atoms with E-state index in [4.69, 9.17) is 11.5 Å². The van der Waals surface area contributed by atoms with E-state index in [2.05, 4.69) is 12.6 Å². The topological polar surface area (TPSA) is 52.0 Å². The van der Waals surface area contributed by atoms with E-state index < -0.39 is 0 Å². The summed E-state index contributed by atoms with van der Waals surface area (Å²) in [5.41, 5.74) is 12.4. The number of rotatable bonds is 1. The van der Waals surface area contributed by atoms with Crippen LogP contribution >= 0.6 is 12.6 Å². The van der Waals surface area contributed by atoms with Crippen molar-refractivity contribution in [1.29, 1.82) is 0 Å². The molecule has 0 aliphatic carbocycles. The van der Waals surface area contributed by atoms with Gasteiger partial charge >= 0.3 is 0 Å². The molecule has 0 aromatic heterocycles. The molecule has 0 heterocycles. The van der Waals surface area contributed by atoms with Crippen LogP contribution in [-0.2, 0) is 0 Å². The van der Waals surface area contributed by atoms with Crippen molar-refractivity contribution in [2.24, 2.45) is 11.5 Å². The molecule has 0 unspecified atom stereocenters. The van der Waals surface area contributed by atoms with Crippen LogP contribution in [0, 0.1) is 0 Å². The zero-order valence-electron chi connectivity index (χ0n) is 5.99. The van der Waals surface area contributed by atoms with Crippen molar-refractivity contribution in [3.8, 4) is 0 Å². The second kappa shape index (κ2) is 3.34. The molecule has 0 bridgehead atoms. The molecule has 0 amide bonds. The highest BCUT2D eigenvalue weighted by molar-refractivity contribution is 7.84. The Morgan fingerprint density at radius 2 is 1.64 bits per heavy atom. The van der Waals surface area contributed by atoms with Gasteiger partial charge in [0.25, 0.3) is 0 Å². The van der Waals surface area contributed by atoms with Gasteiger partial charge in [-0.3, -0.25) is 0 Å². The fourth-order valence-electron chi connectivity index (χ4n) is 0.766. The molecule has 0 atom stereocenters. The van der Waals surface area contributed by atoms with Gasteiger partial charge in [0, 0.05) is 5.56 Å². The van der Waals surface area contributed by atoms with Crippen LogP contribution in [0.5, 0.6) is 0 Å². The fourth-order valence-corrected chi connectivity index (χ4v) is 0.895. The van der Waals surface area contributed by atoms with Crippen molar-refractivity contribution in [2.45, 2.75) is 0 Å². The van der Waals surface area contributed by atoms with Crippen LogP contribution in [0.25, 0.3) is 5.70 Å². The Morgan fingerprint density at radius 3 is 2.09 bits per heavy atom. The highest BCUT2D eigenvalue weighted by Crippen LogP contribution is 2.11. The average Bonchev–Trinajstić information content (AvgIpc) is 2.05. The summed E-state index contributed by atoms with van der Waals surface area (Å²) in [6.45, 7) is 0. The number of hydrogen-bond acceptors (Lipinski definition) is 3. The molecule has 0 aliphatic rings. The minimum Gasteiger partial charge on any atom is -0.396 e. The maximum Gasteiger partial charge on any atom is 0.0864 e. The summed E-state index contributed by atoms with van der Waals surface area (Å²) in [6.07, 6.45) is 0. The summed E-state index contributed by atoms with van der Waals surface area (Å²) in [4.78, 5) is 0. The summed E-state index contributed by atoms with van der Waals surface area (Å²) < 4.78 is 0. The van der Waals surface area contributed by atoms with Gasteiger partial charge in [0.05, 0.1) is 10.7 Å². The van der Waals surface area contributed by atoms with Gasteiger partial charge in [0.1, 0.15) is 0 Å². The fraction of sp³-hybridized carbons (Fsp3) is 0. The average molecular weight is 166 g/mol. The molecule has 0 saturated heterocycles. The highest BCUT2D eigenvalue weighted by Gasteiger charge is 1.96. The van der Waals surface area contributed by atoms with Crippen LogP contribution < -0.4 is 11.5 Å². The van der Waals surface area contributed by atoms with Gasteiger partial charge in [0.15, 0.2) is 0 Å². The number of thiol groups is 1. The third kappa shape index (κ3) is 1.91. The maximum atomic E-state index is 5.62. The molecular weight excluding hydrogens is 156 g/mol. The van der Waals surface area contributed by atoms with Crippen molar-refractivity contribution in [1.82, 2.24) is 0 Å². The Kier molecular flexibility index (Phi) is 2.44. The quantitative estimate of drug-likeness (QED) is 0.548. The molecule has 1 aromatic rings. The number of nitrogens with two attached hydrogens (primary N) is 2. The first kappa shape index (κ1) is 8.01. The smallest absolute Gasteiger partial charge is 0.0864 e. The summed E-state index contributed by atoms with van der Waals surface area (Å²) in [7, 11) is 0. The molecule has 11 heavy (non-hydrogen) atoms. The van der Waals surface area contributed by atoms with Crippen molar-refractivity contribution in [2.75, 3.05) is 0 Å². The summed E-state index contributed by atoms with van der Waals surface area (Å²) >= 11 is 3.94. The number of hydrogen-bond donors (Lipinski definition) is 3. The van der Waals surface area contributed by atoms with Gasteiger partial charge < -0.3 is 11.5 Å². The van der Waals surface area contributed by atoms with Crippen LogP contribution in [0.15, 0.2) is 35.4 Å². The monoisotopic (exact) mass is 166 g/mol. The van der Waals surface area contributed by atoms with Crippen LogP contribution in [0.4, 0.5) is 0 Å². The molecule has 0 radical (unpaired) electrons. The van der Waals surface area contributed by atoms with Crippen LogP contribution in [-0.4, -0.2) is 0 Å². The first-order valence-corrected chi connectivity index (χ1v) is 3.66. The van der Waals surface area contributed by atoms with E-state index in [1.54, 1.807) is 0 Å². The predicted molar refractivity (Wildman–Crippen MR) is 50.7 cm³/mol. The Labute approximate surface area is 71.3 Å². The van der Waals surface area contributed by atoms with Gasteiger partial charge in [-0.05, 0) is 0 Å². The minimum atomic E-state index is 0.358. The van der Waals surface area contributed by atoms with Crippen molar-refractivity contribution in [3.05, 3.63) is 40.9 Å². The van der Waals surface area contributed by atoms with E-state index in [0.29, 0.717) is 10.7 Å². The van der Waals surface area contributed by atoms with Crippen LogP contribution in [0.2, 0.25) is 0 Å². The maximum absolute atomic E-state index is 5.62. The standard InChI is InChI=1S/C8H10N2S/c9-7(8(10)11)6-4-2-1-3-5-6/h1-5,11H,9-10H2/b8-7-. The van der Waals surface area contributed by atoms with E-state index in [-0.39, 0.29) is 0 Å². The Bertz CT molecular complexity index is 263. The second-order valence-electron chi connectivity index (χ2n) is 2.16. The summed E-state index contributed by atoms with van der Waals surface area (Å²) in [5, 5.41) is 0.358. The third-order valence-corrected chi connectivity index (χ3v) is 1.60. The van der Waals surface area contributed by atoms with Gasteiger partial charge in [-0.15, -0.1) is 12.6 Å². The lowest BCUT2D eigenvalue weighted by molar-refractivity contribution is 1.44. The first-order chi connectivity index (χ1) is 5.22. The van der Waals surface area contributed by atoms with Crippen LogP contribution in [0.1, 0.15) is 5.56 Å².